The summed E-state index contributed by atoms with van der Waals surface area (Å²) >= 11 is 0. The molecule has 0 amide bonds. The van der Waals surface area contributed by atoms with E-state index in [0.29, 0.717) is 12.4 Å². The lowest BCUT2D eigenvalue weighted by molar-refractivity contribution is 0.304. The van der Waals surface area contributed by atoms with Gasteiger partial charge in [-0.2, -0.15) is 0 Å². The van der Waals surface area contributed by atoms with Crippen LogP contribution in [0.2, 0.25) is 0 Å². The monoisotopic (exact) mass is 416 g/mol. The molecule has 1 rings (SSSR count). The molecule has 0 heterocycles. The van der Waals surface area contributed by atoms with Crippen LogP contribution in [0.4, 0.5) is 0 Å². The summed E-state index contributed by atoms with van der Waals surface area (Å²) in [6.45, 7) is 2.94. The largest absolute Gasteiger partial charge is 0.494 e. The van der Waals surface area contributed by atoms with Crippen molar-refractivity contribution in [2.45, 2.75) is 102 Å². The lowest BCUT2D eigenvalue weighted by Crippen LogP contribution is -1.98. The minimum Gasteiger partial charge on any atom is -0.494 e. The molecule has 0 spiro atoms. The zero-order valence-corrected chi connectivity index (χ0v) is 18.5. The van der Waals surface area contributed by atoms with Gasteiger partial charge < -0.3 is 4.74 Å². The molecule has 0 saturated carbocycles. The molecule has 5 heteroatoms. The molecule has 0 saturated heterocycles. The summed E-state index contributed by atoms with van der Waals surface area (Å²) in [4.78, 5) is 0.105. The molecular weight excluding hydrogens is 380 g/mol. The van der Waals surface area contributed by atoms with Crippen LogP contribution in [0.1, 0.15) is 96.8 Å². The Kier molecular flexibility index (Phi) is 13.7. The van der Waals surface area contributed by atoms with Crippen molar-refractivity contribution in [3.63, 3.8) is 0 Å². The summed E-state index contributed by atoms with van der Waals surface area (Å²) in [6.07, 6.45) is 18.7. The normalized spacial score (nSPS) is 11.6. The Morgan fingerprint density at radius 1 is 0.704 bits per heavy atom. The second kappa shape index (κ2) is 15.2. The van der Waals surface area contributed by atoms with Crippen molar-refractivity contribution in [3.8, 4) is 5.75 Å². The number of benzene rings is 1. The predicted molar refractivity (Wildman–Crippen MR) is 115 cm³/mol. The fourth-order valence-electron chi connectivity index (χ4n) is 3.19. The fraction of sp³-hybridized carbons (Fsp3) is 0.727. The first kappa shape index (κ1) is 24.3. The number of rotatable bonds is 17. The molecule has 3 nitrogen and oxygen atoms in total. The molecule has 0 aliphatic carbocycles. The average Bonchev–Trinajstić information content (AvgIpc) is 2.64. The minimum absolute atomic E-state index is 0.105. The Balaban J connectivity index is 1.88. The Bertz CT molecular complexity index is 570. The van der Waals surface area contributed by atoms with E-state index < -0.39 is 9.05 Å². The maximum atomic E-state index is 11.2. The fourth-order valence-corrected chi connectivity index (χ4v) is 3.95. The summed E-state index contributed by atoms with van der Waals surface area (Å²) in [5.41, 5.74) is 0. The van der Waals surface area contributed by atoms with E-state index in [2.05, 4.69) is 6.92 Å². The third-order valence-electron chi connectivity index (χ3n) is 4.87. The van der Waals surface area contributed by atoms with Crippen LogP contribution < -0.4 is 4.74 Å². The van der Waals surface area contributed by atoms with Crippen molar-refractivity contribution in [2.75, 3.05) is 6.61 Å². The smallest absolute Gasteiger partial charge is 0.261 e. The van der Waals surface area contributed by atoms with E-state index in [1.165, 1.54) is 95.6 Å². The average molecular weight is 417 g/mol. The molecule has 0 bridgehead atoms. The van der Waals surface area contributed by atoms with Gasteiger partial charge in [-0.1, -0.05) is 90.4 Å². The lowest BCUT2D eigenvalue weighted by Gasteiger charge is -2.07. The highest BCUT2D eigenvalue weighted by molar-refractivity contribution is 8.13. The van der Waals surface area contributed by atoms with Gasteiger partial charge in [0.1, 0.15) is 5.75 Å². The van der Waals surface area contributed by atoms with Crippen molar-refractivity contribution in [2.24, 2.45) is 0 Å². The van der Waals surface area contributed by atoms with Crippen LogP contribution in [0.5, 0.6) is 5.75 Å². The van der Waals surface area contributed by atoms with Crippen molar-refractivity contribution in [3.05, 3.63) is 24.3 Å². The Hall–Kier alpha value is -0.740. The molecule has 1 aromatic rings. The molecule has 0 radical (unpaired) electrons. The van der Waals surface area contributed by atoms with E-state index in [9.17, 15) is 8.42 Å². The van der Waals surface area contributed by atoms with Crippen molar-refractivity contribution in [1.82, 2.24) is 0 Å². The van der Waals surface area contributed by atoms with E-state index in [1.54, 1.807) is 12.1 Å². The van der Waals surface area contributed by atoms with Crippen LogP contribution in [0.15, 0.2) is 29.2 Å². The number of halogens is 1. The van der Waals surface area contributed by atoms with Gasteiger partial charge in [-0.05, 0) is 30.7 Å². The topological polar surface area (TPSA) is 43.4 Å². The highest BCUT2D eigenvalue weighted by Gasteiger charge is 2.09. The first-order valence-corrected chi connectivity index (χ1v) is 13.0. The van der Waals surface area contributed by atoms with Crippen molar-refractivity contribution >= 4 is 19.7 Å². The maximum Gasteiger partial charge on any atom is 0.261 e. The van der Waals surface area contributed by atoms with Crippen LogP contribution >= 0.6 is 10.7 Å². The highest BCUT2D eigenvalue weighted by atomic mass is 35.7. The van der Waals surface area contributed by atoms with E-state index in [1.807, 2.05) is 0 Å². The van der Waals surface area contributed by atoms with Crippen LogP contribution in [-0.4, -0.2) is 15.0 Å². The summed E-state index contributed by atoms with van der Waals surface area (Å²) < 4.78 is 28.0. The molecule has 0 N–H and O–H groups in total. The van der Waals surface area contributed by atoms with Crippen LogP contribution in [0.25, 0.3) is 0 Å². The highest BCUT2D eigenvalue weighted by Crippen LogP contribution is 2.19. The lowest BCUT2D eigenvalue weighted by atomic mass is 10.0. The van der Waals surface area contributed by atoms with E-state index in [4.69, 9.17) is 15.4 Å². The number of unbranched alkanes of at least 4 members (excludes halogenated alkanes) is 13. The molecule has 156 valence electrons. The molecular formula is C22H37ClO3S. The zero-order valence-electron chi connectivity index (χ0n) is 16.9. The summed E-state index contributed by atoms with van der Waals surface area (Å²) in [6, 6.07) is 6.25. The van der Waals surface area contributed by atoms with Gasteiger partial charge in [-0.3, -0.25) is 0 Å². The van der Waals surface area contributed by atoms with E-state index >= 15 is 0 Å². The molecule has 0 fully saturated rings. The third kappa shape index (κ3) is 13.1. The number of ether oxygens (including phenoxy) is 1. The predicted octanol–water partition coefficient (Wildman–Crippen LogP) is 7.47. The molecule has 1 aromatic carbocycles. The van der Waals surface area contributed by atoms with Crippen molar-refractivity contribution in [1.29, 1.82) is 0 Å². The molecule has 0 unspecified atom stereocenters. The Morgan fingerprint density at radius 2 is 1.11 bits per heavy atom. The maximum absolute atomic E-state index is 11.2. The Morgan fingerprint density at radius 3 is 1.52 bits per heavy atom. The second-order valence-corrected chi connectivity index (χ2v) is 9.92. The second-order valence-electron chi connectivity index (χ2n) is 7.35. The van der Waals surface area contributed by atoms with Crippen LogP contribution in [0.3, 0.4) is 0 Å². The van der Waals surface area contributed by atoms with Gasteiger partial charge in [0.2, 0.25) is 0 Å². The van der Waals surface area contributed by atoms with Gasteiger partial charge in [0.05, 0.1) is 11.5 Å². The third-order valence-corrected chi connectivity index (χ3v) is 6.24. The first-order valence-electron chi connectivity index (χ1n) is 10.7. The van der Waals surface area contributed by atoms with Gasteiger partial charge >= 0.3 is 0 Å². The minimum atomic E-state index is -3.65. The standard InChI is InChI=1S/C22H37ClO3S/c1-2-3-4-5-6-7-8-9-10-11-12-13-14-15-20-26-21-16-18-22(19-17-21)27(23,24)25/h16-19H,2-15,20H2,1H3. The van der Waals surface area contributed by atoms with Gasteiger partial charge in [0, 0.05) is 10.7 Å². The van der Waals surface area contributed by atoms with Crippen LogP contribution in [-0.2, 0) is 9.05 Å². The summed E-state index contributed by atoms with van der Waals surface area (Å²) in [5, 5.41) is 0. The molecule has 27 heavy (non-hydrogen) atoms. The Labute approximate surface area is 171 Å². The SMILES string of the molecule is CCCCCCCCCCCCCCCCOc1ccc(S(=O)(=O)Cl)cc1. The van der Waals surface area contributed by atoms with Crippen LogP contribution in [0, 0.1) is 0 Å². The number of hydrogen-bond acceptors (Lipinski definition) is 3. The van der Waals surface area contributed by atoms with Gasteiger partial charge in [0.25, 0.3) is 9.05 Å². The first-order chi connectivity index (χ1) is 13.0. The molecule has 0 aliphatic rings. The van der Waals surface area contributed by atoms with E-state index in [-0.39, 0.29) is 4.90 Å². The van der Waals surface area contributed by atoms with Crippen molar-refractivity contribution < 1.29 is 13.2 Å². The van der Waals surface area contributed by atoms with E-state index in [0.717, 1.165) is 6.42 Å². The molecule has 0 aliphatic heterocycles. The summed E-state index contributed by atoms with van der Waals surface area (Å²) in [7, 11) is 1.63. The summed E-state index contributed by atoms with van der Waals surface area (Å²) in [5.74, 6) is 0.689. The van der Waals surface area contributed by atoms with Gasteiger partial charge in [0.15, 0.2) is 0 Å². The quantitative estimate of drug-likeness (QED) is 0.195. The molecule has 0 atom stereocenters. The van der Waals surface area contributed by atoms with Gasteiger partial charge in [-0.25, -0.2) is 8.42 Å². The zero-order chi connectivity index (χ0) is 19.8. The number of hydrogen-bond donors (Lipinski definition) is 0. The van der Waals surface area contributed by atoms with Gasteiger partial charge in [-0.15, -0.1) is 0 Å². The molecule has 0 aromatic heterocycles.